The molecule has 2 aromatic rings. The molecule has 1 N–H and O–H groups in total. The second-order valence-electron chi connectivity index (χ2n) is 6.05. The van der Waals surface area contributed by atoms with Crippen molar-refractivity contribution in [2.75, 3.05) is 0 Å². The minimum Gasteiger partial charge on any atom is -0.294 e. The zero-order valence-electron chi connectivity index (χ0n) is 12.9. The molecular weight excluding hydrogens is 408 g/mol. The van der Waals surface area contributed by atoms with Crippen LogP contribution < -0.4 is 5.32 Å². The molecule has 0 saturated carbocycles. The van der Waals surface area contributed by atoms with Gasteiger partial charge in [0.05, 0.1) is 11.3 Å². The highest BCUT2D eigenvalue weighted by Gasteiger charge is 2.62. The molecule has 1 saturated heterocycles. The molecule has 1 atom stereocenters. The third-order valence-electron chi connectivity index (χ3n) is 4.59. The van der Waals surface area contributed by atoms with Crippen molar-refractivity contribution in [3.63, 3.8) is 0 Å². The molecule has 2 heterocycles. The number of nitrogens with zero attached hydrogens (tertiary/aromatic N) is 1. The fourth-order valence-electron chi connectivity index (χ4n) is 3.52. The Hall–Kier alpha value is -2.03. The average Bonchev–Trinajstić information content (AvgIpc) is 2.96. The van der Waals surface area contributed by atoms with Gasteiger partial charge in [-0.1, -0.05) is 46.3 Å². The van der Waals surface area contributed by atoms with Crippen LogP contribution in [0.15, 0.2) is 57.9 Å². The highest BCUT2D eigenvalue weighted by Crippen LogP contribution is 2.49. The van der Waals surface area contributed by atoms with Crippen molar-refractivity contribution in [2.45, 2.75) is 23.4 Å². The standard InChI is InChI=1S/C17H13BrN2O4S/c18-12-5-3-4-11(8-12)10-20-17(9-15(21)19-16(17)22)13-6-1-2-7-14(13)25(20,23)24/h1-8H,9-10H2,(H,19,21,22). The summed E-state index contributed by atoms with van der Waals surface area (Å²) in [4.78, 5) is 24.7. The van der Waals surface area contributed by atoms with Gasteiger partial charge in [-0.15, -0.1) is 0 Å². The van der Waals surface area contributed by atoms with Gasteiger partial charge in [-0.05, 0) is 23.8 Å². The van der Waals surface area contributed by atoms with Gasteiger partial charge >= 0.3 is 0 Å². The second kappa shape index (κ2) is 5.48. The Morgan fingerprint density at radius 3 is 2.56 bits per heavy atom. The first-order valence-electron chi connectivity index (χ1n) is 7.57. The van der Waals surface area contributed by atoms with Crippen LogP contribution in [-0.2, 0) is 31.7 Å². The van der Waals surface area contributed by atoms with E-state index in [4.69, 9.17) is 0 Å². The Bertz CT molecular complexity index is 1020. The van der Waals surface area contributed by atoms with Crippen LogP contribution in [0.3, 0.4) is 0 Å². The van der Waals surface area contributed by atoms with E-state index in [-0.39, 0.29) is 17.9 Å². The van der Waals surface area contributed by atoms with Crippen LogP contribution in [0.4, 0.5) is 0 Å². The number of carbonyl (C=O) groups is 2. The Morgan fingerprint density at radius 1 is 1.12 bits per heavy atom. The first-order chi connectivity index (χ1) is 11.9. The number of sulfonamides is 1. The lowest BCUT2D eigenvalue weighted by Gasteiger charge is -2.30. The third-order valence-corrected chi connectivity index (χ3v) is 7.01. The molecule has 1 unspecified atom stereocenters. The van der Waals surface area contributed by atoms with Gasteiger partial charge < -0.3 is 0 Å². The lowest BCUT2D eigenvalue weighted by atomic mass is 9.88. The van der Waals surface area contributed by atoms with Crippen molar-refractivity contribution >= 4 is 37.8 Å². The number of carbonyl (C=O) groups excluding carboxylic acids is 2. The van der Waals surface area contributed by atoms with Crippen molar-refractivity contribution in [2.24, 2.45) is 0 Å². The second-order valence-corrected chi connectivity index (χ2v) is 8.80. The van der Waals surface area contributed by atoms with Crippen molar-refractivity contribution in [3.05, 3.63) is 64.1 Å². The van der Waals surface area contributed by atoms with E-state index < -0.39 is 27.4 Å². The molecule has 128 valence electrons. The summed E-state index contributed by atoms with van der Waals surface area (Å²) >= 11 is 3.36. The van der Waals surface area contributed by atoms with E-state index in [2.05, 4.69) is 21.2 Å². The predicted octanol–water partition coefficient (Wildman–Crippen LogP) is 1.90. The maximum absolute atomic E-state index is 13.1. The Labute approximate surface area is 153 Å². The molecule has 6 nitrogen and oxygen atoms in total. The monoisotopic (exact) mass is 420 g/mol. The first kappa shape index (κ1) is 16.4. The number of hydrogen-bond acceptors (Lipinski definition) is 4. The summed E-state index contributed by atoms with van der Waals surface area (Å²) < 4.78 is 28.2. The smallest absolute Gasteiger partial charge is 0.253 e. The molecule has 1 spiro atoms. The van der Waals surface area contributed by atoms with Crippen LogP contribution in [0.2, 0.25) is 0 Å². The lowest BCUT2D eigenvalue weighted by molar-refractivity contribution is -0.128. The number of nitrogens with one attached hydrogen (secondary N) is 1. The summed E-state index contributed by atoms with van der Waals surface area (Å²) in [5, 5.41) is 2.26. The van der Waals surface area contributed by atoms with E-state index in [1.807, 2.05) is 6.07 Å². The van der Waals surface area contributed by atoms with Crippen LogP contribution in [-0.4, -0.2) is 24.5 Å². The van der Waals surface area contributed by atoms with Gasteiger partial charge in [0, 0.05) is 16.6 Å². The number of halogens is 1. The summed E-state index contributed by atoms with van der Waals surface area (Å²) in [7, 11) is -3.90. The molecule has 0 aliphatic carbocycles. The maximum Gasteiger partial charge on any atom is 0.253 e. The van der Waals surface area contributed by atoms with E-state index in [0.29, 0.717) is 5.56 Å². The molecule has 2 amide bonds. The lowest BCUT2D eigenvalue weighted by Crippen LogP contribution is -2.48. The van der Waals surface area contributed by atoms with Gasteiger partial charge in [0.15, 0.2) is 5.54 Å². The quantitative estimate of drug-likeness (QED) is 0.751. The van der Waals surface area contributed by atoms with Crippen LogP contribution in [0.1, 0.15) is 17.5 Å². The fourth-order valence-corrected chi connectivity index (χ4v) is 5.94. The number of fused-ring (bicyclic) bond motifs is 2. The summed E-state index contributed by atoms with van der Waals surface area (Å²) in [5.41, 5.74) is -0.444. The Balaban J connectivity index is 1.92. The number of amides is 2. The molecule has 1 fully saturated rings. The van der Waals surface area contributed by atoms with Crippen LogP contribution in [0.25, 0.3) is 0 Å². The summed E-state index contributed by atoms with van der Waals surface area (Å²) in [5.74, 6) is -1.07. The van der Waals surface area contributed by atoms with Gasteiger partial charge in [0.25, 0.3) is 5.91 Å². The van der Waals surface area contributed by atoms with Crippen molar-refractivity contribution in [3.8, 4) is 0 Å². The molecule has 2 aliphatic rings. The van der Waals surface area contributed by atoms with Gasteiger partial charge in [0.1, 0.15) is 0 Å². The van der Waals surface area contributed by atoms with E-state index >= 15 is 0 Å². The molecule has 8 heteroatoms. The van der Waals surface area contributed by atoms with Gasteiger partial charge in [-0.2, -0.15) is 4.31 Å². The molecule has 2 aromatic carbocycles. The third kappa shape index (κ3) is 2.28. The minimum absolute atomic E-state index is 0.00282. The van der Waals surface area contributed by atoms with Crippen LogP contribution >= 0.6 is 15.9 Å². The van der Waals surface area contributed by atoms with Gasteiger partial charge in [0.2, 0.25) is 15.9 Å². The Morgan fingerprint density at radius 2 is 1.88 bits per heavy atom. The van der Waals surface area contributed by atoms with Crippen molar-refractivity contribution < 1.29 is 18.0 Å². The van der Waals surface area contributed by atoms with E-state index in [1.54, 1.807) is 36.4 Å². The first-order valence-corrected chi connectivity index (χ1v) is 9.80. The average molecular weight is 421 g/mol. The largest absolute Gasteiger partial charge is 0.294 e. The normalized spacial score (nSPS) is 24.5. The zero-order valence-corrected chi connectivity index (χ0v) is 15.3. The molecule has 4 rings (SSSR count). The SMILES string of the molecule is O=C1CC2(C(=O)N1)c1ccccc1S(=O)(=O)N2Cc1cccc(Br)c1. The Kier molecular flexibility index (Phi) is 3.61. The molecule has 0 bridgehead atoms. The number of imide groups is 1. The van der Waals surface area contributed by atoms with Gasteiger partial charge in [-0.25, -0.2) is 8.42 Å². The number of rotatable bonds is 2. The fraction of sp³-hybridized carbons (Fsp3) is 0.176. The van der Waals surface area contributed by atoms with Crippen molar-refractivity contribution in [1.29, 1.82) is 0 Å². The molecule has 0 aromatic heterocycles. The minimum atomic E-state index is -3.90. The van der Waals surface area contributed by atoms with E-state index in [0.717, 1.165) is 14.3 Å². The highest BCUT2D eigenvalue weighted by molar-refractivity contribution is 9.10. The van der Waals surface area contributed by atoms with E-state index in [9.17, 15) is 18.0 Å². The molecule has 25 heavy (non-hydrogen) atoms. The summed E-state index contributed by atoms with van der Waals surface area (Å²) in [6, 6.07) is 13.6. The molecular formula is C17H13BrN2O4S. The van der Waals surface area contributed by atoms with Crippen molar-refractivity contribution in [1.82, 2.24) is 9.62 Å². The zero-order chi connectivity index (χ0) is 17.8. The number of hydrogen-bond donors (Lipinski definition) is 1. The predicted molar refractivity (Wildman–Crippen MR) is 92.8 cm³/mol. The topological polar surface area (TPSA) is 83.5 Å². The van der Waals surface area contributed by atoms with Crippen LogP contribution in [0, 0.1) is 0 Å². The highest BCUT2D eigenvalue weighted by atomic mass is 79.9. The molecule has 0 radical (unpaired) electrons. The summed E-state index contributed by atoms with van der Waals surface area (Å²) in [6.07, 6.45) is -0.212. The van der Waals surface area contributed by atoms with Gasteiger partial charge in [-0.3, -0.25) is 14.9 Å². The summed E-state index contributed by atoms with van der Waals surface area (Å²) in [6.45, 7) is -0.00282. The molecule has 2 aliphatic heterocycles. The van der Waals surface area contributed by atoms with Crippen LogP contribution in [0.5, 0.6) is 0 Å². The maximum atomic E-state index is 13.1. The number of benzene rings is 2. The van der Waals surface area contributed by atoms with E-state index in [1.165, 1.54) is 6.07 Å².